The highest BCUT2D eigenvalue weighted by Gasteiger charge is 1.97. The monoisotopic (exact) mass is 161 g/mol. The maximum Gasteiger partial charge on any atom is 0.203 e. The molecule has 0 radical (unpaired) electrons. The number of aromatic nitrogens is 2. The maximum absolute atomic E-state index is 4.11. The Bertz CT molecular complexity index is 167. The normalized spacial score (nSPS) is 9.56. The summed E-state index contributed by atoms with van der Waals surface area (Å²) in [6.45, 7) is 0. The van der Waals surface area contributed by atoms with E-state index in [1.807, 2.05) is 13.3 Å². The van der Waals surface area contributed by atoms with Crippen molar-refractivity contribution in [2.45, 2.75) is 5.16 Å². The molecule has 1 heterocycles. The van der Waals surface area contributed by atoms with E-state index < -0.39 is 0 Å². The Morgan fingerprint density at radius 1 is 1.67 bits per heavy atom. The number of thioether (sulfide) groups is 1. The minimum absolute atomic E-state index is 0.837. The zero-order valence-electron chi connectivity index (χ0n) is 5.21. The standard InChI is InChI=1S/C4H7N3S2/c1-5-3-6-4(8-2)7-9-3/h1-2H3,(H,5,6,7). The first-order valence-corrected chi connectivity index (χ1v) is 4.42. The van der Waals surface area contributed by atoms with Crippen molar-refractivity contribution >= 4 is 28.4 Å². The molecule has 1 rings (SSSR count). The minimum Gasteiger partial charge on any atom is -0.363 e. The maximum atomic E-state index is 4.11. The Morgan fingerprint density at radius 3 is 2.78 bits per heavy atom. The fourth-order valence-corrected chi connectivity index (χ4v) is 1.47. The van der Waals surface area contributed by atoms with Crippen LogP contribution in [-0.2, 0) is 0 Å². The summed E-state index contributed by atoms with van der Waals surface area (Å²) in [6, 6.07) is 0. The molecule has 0 unspecified atom stereocenters. The van der Waals surface area contributed by atoms with Gasteiger partial charge < -0.3 is 5.32 Å². The van der Waals surface area contributed by atoms with Crippen molar-refractivity contribution in [1.82, 2.24) is 9.36 Å². The van der Waals surface area contributed by atoms with E-state index in [9.17, 15) is 0 Å². The van der Waals surface area contributed by atoms with Crippen LogP contribution in [0.25, 0.3) is 0 Å². The van der Waals surface area contributed by atoms with Gasteiger partial charge in [-0.05, 0) is 6.26 Å². The molecule has 0 saturated carbocycles. The van der Waals surface area contributed by atoms with Crippen LogP contribution < -0.4 is 5.32 Å². The van der Waals surface area contributed by atoms with E-state index in [4.69, 9.17) is 0 Å². The molecule has 0 fully saturated rings. The molecular weight excluding hydrogens is 154 g/mol. The van der Waals surface area contributed by atoms with E-state index in [2.05, 4.69) is 14.7 Å². The lowest BCUT2D eigenvalue weighted by atomic mass is 11.1. The first-order valence-electron chi connectivity index (χ1n) is 2.42. The van der Waals surface area contributed by atoms with Crippen molar-refractivity contribution in [3.05, 3.63) is 0 Å². The quantitative estimate of drug-likeness (QED) is 0.663. The third kappa shape index (κ3) is 1.56. The van der Waals surface area contributed by atoms with Crippen LogP contribution in [0.3, 0.4) is 0 Å². The third-order valence-electron chi connectivity index (χ3n) is 0.804. The van der Waals surface area contributed by atoms with Crippen molar-refractivity contribution in [1.29, 1.82) is 0 Å². The second-order valence-electron chi connectivity index (χ2n) is 1.34. The van der Waals surface area contributed by atoms with Gasteiger partial charge in [-0.3, -0.25) is 0 Å². The summed E-state index contributed by atoms with van der Waals surface area (Å²) in [5.74, 6) is 0. The first-order chi connectivity index (χ1) is 4.36. The molecule has 0 aromatic carbocycles. The molecular formula is C4H7N3S2. The van der Waals surface area contributed by atoms with E-state index in [1.165, 1.54) is 11.5 Å². The second kappa shape index (κ2) is 3.03. The number of rotatable bonds is 2. The number of hydrogen-bond donors (Lipinski definition) is 1. The fraction of sp³-hybridized carbons (Fsp3) is 0.500. The van der Waals surface area contributed by atoms with Crippen molar-refractivity contribution in [2.75, 3.05) is 18.6 Å². The summed E-state index contributed by atoms with van der Waals surface area (Å²) < 4.78 is 4.04. The van der Waals surface area contributed by atoms with Crippen molar-refractivity contribution < 1.29 is 0 Å². The van der Waals surface area contributed by atoms with E-state index in [0.717, 1.165) is 10.3 Å². The van der Waals surface area contributed by atoms with Gasteiger partial charge in [-0.1, -0.05) is 11.8 Å². The lowest BCUT2D eigenvalue weighted by molar-refractivity contribution is 1.08. The van der Waals surface area contributed by atoms with E-state index in [0.29, 0.717) is 0 Å². The predicted molar refractivity (Wildman–Crippen MR) is 41.2 cm³/mol. The van der Waals surface area contributed by atoms with Gasteiger partial charge in [-0.25, -0.2) is 0 Å². The van der Waals surface area contributed by atoms with Gasteiger partial charge in [0.15, 0.2) is 0 Å². The van der Waals surface area contributed by atoms with Crippen LogP contribution in [0.1, 0.15) is 0 Å². The molecule has 50 valence electrons. The first kappa shape index (κ1) is 6.82. The van der Waals surface area contributed by atoms with Gasteiger partial charge in [-0.15, -0.1) is 0 Å². The van der Waals surface area contributed by atoms with Crippen LogP contribution in [0.4, 0.5) is 5.13 Å². The SMILES string of the molecule is CNc1nc(SC)ns1. The van der Waals surface area contributed by atoms with Gasteiger partial charge in [0.2, 0.25) is 10.3 Å². The average Bonchev–Trinajstić information content (AvgIpc) is 2.34. The summed E-state index contributed by atoms with van der Waals surface area (Å²) in [5, 5.41) is 4.62. The van der Waals surface area contributed by atoms with Gasteiger partial charge in [0.05, 0.1) is 0 Å². The van der Waals surface area contributed by atoms with Crippen molar-refractivity contribution in [3.8, 4) is 0 Å². The van der Waals surface area contributed by atoms with Crippen LogP contribution in [0.2, 0.25) is 0 Å². The summed E-state index contributed by atoms with van der Waals surface area (Å²) in [5.41, 5.74) is 0. The Hall–Kier alpha value is -0.290. The number of anilines is 1. The van der Waals surface area contributed by atoms with E-state index in [1.54, 1.807) is 11.8 Å². The molecule has 5 heteroatoms. The van der Waals surface area contributed by atoms with Crippen LogP contribution >= 0.6 is 23.3 Å². The summed E-state index contributed by atoms with van der Waals surface area (Å²) in [6.07, 6.45) is 1.96. The van der Waals surface area contributed by atoms with Gasteiger partial charge in [0.25, 0.3) is 0 Å². The summed E-state index contributed by atoms with van der Waals surface area (Å²) in [7, 11) is 1.84. The molecule has 0 aliphatic heterocycles. The largest absolute Gasteiger partial charge is 0.363 e. The summed E-state index contributed by atoms with van der Waals surface area (Å²) >= 11 is 2.93. The van der Waals surface area contributed by atoms with Gasteiger partial charge in [0.1, 0.15) is 0 Å². The number of nitrogens with one attached hydrogen (secondary N) is 1. The Balaban J connectivity index is 2.74. The molecule has 0 amide bonds. The van der Waals surface area contributed by atoms with Crippen LogP contribution in [0.15, 0.2) is 5.16 Å². The zero-order valence-corrected chi connectivity index (χ0v) is 6.84. The Labute approximate surface area is 62.1 Å². The smallest absolute Gasteiger partial charge is 0.203 e. The Morgan fingerprint density at radius 2 is 2.44 bits per heavy atom. The van der Waals surface area contributed by atoms with Gasteiger partial charge in [-0.2, -0.15) is 9.36 Å². The van der Waals surface area contributed by atoms with Crippen LogP contribution in [-0.4, -0.2) is 22.7 Å². The highest BCUT2D eigenvalue weighted by molar-refractivity contribution is 7.98. The zero-order chi connectivity index (χ0) is 6.69. The highest BCUT2D eigenvalue weighted by Crippen LogP contribution is 2.16. The lowest BCUT2D eigenvalue weighted by Crippen LogP contribution is -1.84. The summed E-state index contributed by atoms with van der Waals surface area (Å²) in [4.78, 5) is 4.11. The fourth-order valence-electron chi connectivity index (χ4n) is 0.394. The van der Waals surface area contributed by atoms with Gasteiger partial charge >= 0.3 is 0 Å². The van der Waals surface area contributed by atoms with Crippen LogP contribution in [0.5, 0.6) is 0 Å². The molecule has 0 aliphatic rings. The van der Waals surface area contributed by atoms with E-state index >= 15 is 0 Å². The van der Waals surface area contributed by atoms with Crippen molar-refractivity contribution in [2.24, 2.45) is 0 Å². The molecule has 0 saturated heterocycles. The molecule has 0 spiro atoms. The molecule has 0 aliphatic carbocycles. The molecule has 0 bridgehead atoms. The van der Waals surface area contributed by atoms with Crippen molar-refractivity contribution in [3.63, 3.8) is 0 Å². The number of nitrogens with zero attached hydrogens (tertiary/aromatic N) is 2. The lowest BCUT2D eigenvalue weighted by Gasteiger charge is -1.84. The van der Waals surface area contributed by atoms with Crippen LogP contribution in [0, 0.1) is 0 Å². The van der Waals surface area contributed by atoms with Gasteiger partial charge in [0, 0.05) is 18.6 Å². The second-order valence-corrected chi connectivity index (χ2v) is 2.86. The molecule has 0 atom stereocenters. The highest BCUT2D eigenvalue weighted by atomic mass is 32.2. The topological polar surface area (TPSA) is 37.8 Å². The third-order valence-corrected chi connectivity index (χ3v) is 2.20. The van der Waals surface area contributed by atoms with E-state index in [-0.39, 0.29) is 0 Å². The molecule has 1 aromatic heterocycles. The Kier molecular flexibility index (Phi) is 2.29. The average molecular weight is 161 g/mol. The predicted octanol–water partition coefficient (Wildman–Crippen LogP) is 1.30. The molecule has 3 nitrogen and oxygen atoms in total. The number of hydrogen-bond acceptors (Lipinski definition) is 5. The molecule has 1 N–H and O–H groups in total. The minimum atomic E-state index is 0.837. The molecule has 9 heavy (non-hydrogen) atoms. The molecule has 1 aromatic rings.